The molecule has 0 aliphatic carbocycles. The quantitative estimate of drug-likeness (QED) is 0.866. The van der Waals surface area contributed by atoms with Gasteiger partial charge in [-0.1, -0.05) is 19.4 Å². The predicted octanol–water partition coefficient (Wildman–Crippen LogP) is 3.14. The standard InChI is InChI=1S/C15H25N3/c1-3-13-7-10-18(11-8-13)12-14-6-5-9-17-15(14)16-4-2/h5-6,9,13H,3-4,7-8,10-12H2,1-2H3,(H,16,17). The average Bonchev–Trinajstić information content (AvgIpc) is 2.42. The predicted molar refractivity (Wildman–Crippen MR) is 76.7 cm³/mol. The summed E-state index contributed by atoms with van der Waals surface area (Å²) in [6.07, 6.45) is 5.91. The molecule has 0 unspecified atom stereocenters. The second kappa shape index (κ2) is 6.74. The summed E-state index contributed by atoms with van der Waals surface area (Å²) in [5.74, 6) is 2.00. The molecule has 1 aliphatic heterocycles. The number of nitrogens with zero attached hydrogens (tertiary/aromatic N) is 2. The van der Waals surface area contributed by atoms with Gasteiger partial charge in [-0.15, -0.1) is 0 Å². The van der Waals surface area contributed by atoms with Crippen molar-refractivity contribution in [3.05, 3.63) is 23.9 Å². The van der Waals surface area contributed by atoms with Crippen LogP contribution in [0.15, 0.2) is 18.3 Å². The van der Waals surface area contributed by atoms with Gasteiger partial charge in [-0.05, 0) is 44.8 Å². The largest absolute Gasteiger partial charge is 0.370 e. The number of aromatic nitrogens is 1. The van der Waals surface area contributed by atoms with E-state index in [0.717, 1.165) is 24.8 Å². The van der Waals surface area contributed by atoms with E-state index in [4.69, 9.17) is 0 Å². The molecule has 2 heterocycles. The first kappa shape index (κ1) is 13.3. The molecule has 0 atom stereocenters. The molecule has 3 nitrogen and oxygen atoms in total. The number of nitrogens with one attached hydrogen (secondary N) is 1. The molecule has 1 aromatic heterocycles. The van der Waals surface area contributed by atoms with Crippen molar-refractivity contribution >= 4 is 5.82 Å². The molecule has 0 spiro atoms. The Hall–Kier alpha value is -1.09. The Morgan fingerprint density at radius 1 is 1.33 bits per heavy atom. The highest BCUT2D eigenvalue weighted by Crippen LogP contribution is 2.22. The van der Waals surface area contributed by atoms with E-state index in [9.17, 15) is 0 Å². The molecular formula is C15H25N3. The summed E-state index contributed by atoms with van der Waals surface area (Å²) in [6.45, 7) is 8.86. The maximum atomic E-state index is 4.43. The van der Waals surface area contributed by atoms with Gasteiger partial charge in [-0.25, -0.2) is 4.98 Å². The van der Waals surface area contributed by atoms with E-state index in [-0.39, 0.29) is 0 Å². The number of pyridine rings is 1. The van der Waals surface area contributed by atoms with Gasteiger partial charge in [0.25, 0.3) is 0 Å². The first-order valence-corrected chi connectivity index (χ1v) is 7.23. The van der Waals surface area contributed by atoms with Crippen LogP contribution in [-0.4, -0.2) is 29.5 Å². The van der Waals surface area contributed by atoms with E-state index in [1.54, 1.807) is 0 Å². The van der Waals surface area contributed by atoms with Crippen LogP contribution in [0.2, 0.25) is 0 Å². The Morgan fingerprint density at radius 3 is 2.78 bits per heavy atom. The summed E-state index contributed by atoms with van der Waals surface area (Å²) in [4.78, 5) is 6.99. The van der Waals surface area contributed by atoms with Gasteiger partial charge in [0.2, 0.25) is 0 Å². The topological polar surface area (TPSA) is 28.2 Å². The summed E-state index contributed by atoms with van der Waals surface area (Å²) in [6, 6.07) is 4.23. The highest BCUT2D eigenvalue weighted by molar-refractivity contribution is 5.43. The van der Waals surface area contributed by atoms with E-state index in [0.29, 0.717) is 0 Å². The molecule has 0 aromatic carbocycles. The number of rotatable bonds is 5. The van der Waals surface area contributed by atoms with E-state index >= 15 is 0 Å². The minimum atomic E-state index is 0.932. The van der Waals surface area contributed by atoms with Crippen LogP contribution in [0.25, 0.3) is 0 Å². The fourth-order valence-electron chi connectivity index (χ4n) is 2.69. The monoisotopic (exact) mass is 247 g/mol. The van der Waals surface area contributed by atoms with Crippen molar-refractivity contribution in [2.24, 2.45) is 5.92 Å². The van der Waals surface area contributed by atoms with Crippen molar-refractivity contribution in [2.45, 2.75) is 39.7 Å². The molecule has 1 fully saturated rings. The molecule has 1 N–H and O–H groups in total. The Balaban J connectivity index is 1.93. The Kier molecular flexibility index (Phi) is 5.00. The zero-order valence-electron chi connectivity index (χ0n) is 11.7. The molecule has 0 saturated carbocycles. The summed E-state index contributed by atoms with van der Waals surface area (Å²) in [7, 11) is 0. The van der Waals surface area contributed by atoms with E-state index < -0.39 is 0 Å². The second-order valence-corrected chi connectivity index (χ2v) is 5.17. The summed E-state index contributed by atoms with van der Waals surface area (Å²) in [5.41, 5.74) is 1.33. The average molecular weight is 247 g/mol. The lowest BCUT2D eigenvalue weighted by Crippen LogP contribution is -2.33. The van der Waals surface area contributed by atoms with Gasteiger partial charge in [-0.3, -0.25) is 4.90 Å². The van der Waals surface area contributed by atoms with Crippen LogP contribution in [0.4, 0.5) is 5.82 Å². The van der Waals surface area contributed by atoms with Gasteiger partial charge >= 0.3 is 0 Å². The fourth-order valence-corrected chi connectivity index (χ4v) is 2.69. The van der Waals surface area contributed by atoms with Crippen LogP contribution in [0, 0.1) is 5.92 Å². The third kappa shape index (κ3) is 3.45. The number of likely N-dealkylation sites (tertiary alicyclic amines) is 1. The Labute approximate surface area is 111 Å². The summed E-state index contributed by atoms with van der Waals surface area (Å²) < 4.78 is 0. The minimum Gasteiger partial charge on any atom is -0.370 e. The molecule has 100 valence electrons. The number of anilines is 1. The van der Waals surface area contributed by atoms with Gasteiger partial charge in [-0.2, -0.15) is 0 Å². The number of hydrogen-bond acceptors (Lipinski definition) is 3. The van der Waals surface area contributed by atoms with Gasteiger partial charge < -0.3 is 5.32 Å². The lowest BCUT2D eigenvalue weighted by atomic mass is 9.94. The van der Waals surface area contributed by atoms with Gasteiger partial charge in [0.1, 0.15) is 5.82 Å². The molecule has 1 aliphatic rings. The Morgan fingerprint density at radius 2 is 2.11 bits per heavy atom. The number of hydrogen-bond donors (Lipinski definition) is 1. The summed E-state index contributed by atoms with van der Waals surface area (Å²) in [5, 5.41) is 3.35. The first-order valence-electron chi connectivity index (χ1n) is 7.23. The molecule has 1 saturated heterocycles. The second-order valence-electron chi connectivity index (χ2n) is 5.17. The minimum absolute atomic E-state index is 0.932. The zero-order chi connectivity index (χ0) is 12.8. The molecule has 0 amide bonds. The van der Waals surface area contributed by atoms with Crippen LogP contribution in [0.5, 0.6) is 0 Å². The van der Waals surface area contributed by atoms with Crippen molar-refractivity contribution in [2.75, 3.05) is 25.0 Å². The van der Waals surface area contributed by atoms with Gasteiger partial charge in [0, 0.05) is 24.8 Å². The highest BCUT2D eigenvalue weighted by Gasteiger charge is 2.18. The van der Waals surface area contributed by atoms with E-state index in [1.807, 2.05) is 12.3 Å². The highest BCUT2D eigenvalue weighted by atomic mass is 15.1. The smallest absolute Gasteiger partial charge is 0.130 e. The number of piperidine rings is 1. The maximum absolute atomic E-state index is 4.43. The van der Waals surface area contributed by atoms with Crippen molar-refractivity contribution < 1.29 is 0 Å². The van der Waals surface area contributed by atoms with Gasteiger partial charge in [0.15, 0.2) is 0 Å². The first-order chi connectivity index (χ1) is 8.83. The lowest BCUT2D eigenvalue weighted by Gasteiger charge is -2.31. The zero-order valence-corrected chi connectivity index (χ0v) is 11.7. The molecule has 0 radical (unpaired) electrons. The molecule has 2 rings (SSSR count). The van der Waals surface area contributed by atoms with Crippen molar-refractivity contribution in [3.63, 3.8) is 0 Å². The SMILES string of the molecule is CCNc1ncccc1CN1CCC(CC)CC1. The molecular weight excluding hydrogens is 222 g/mol. The normalized spacial score (nSPS) is 17.9. The maximum Gasteiger partial charge on any atom is 0.130 e. The van der Waals surface area contributed by atoms with E-state index in [2.05, 4.69) is 35.1 Å². The van der Waals surface area contributed by atoms with Crippen LogP contribution in [0.1, 0.15) is 38.7 Å². The molecule has 0 bridgehead atoms. The Bertz CT molecular complexity index is 357. The lowest BCUT2D eigenvalue weighted by molar-refractivity contribution is 0.175. The van der Waals surface area contributed by atoms with E-state index in [1.165, 1.54) is 37.9 Å². The van der Waals surface area contributed by atoms with Crippen molar-refractivity contribution in [1.82, 2.24) is 9.88 Å². The molecule has 18 heavy (non-hydrogen) atoms. The molecule has 3 heteroatoms. The van der Waals surface area contributed by atoms with Crippen LogP contribution < -0.4 is 5.32 Å². The van der Waals surface area contributed by atoms with Crippen LogP contribution >= 0.6 is 0 Å². The third-order valence-electron chi connectivity index (χ3n) is 3.91. The van der Waals surface area contributed by atoms with Crippen molar-refractivity contribution in [1.29, 1.82) is 0 Å². The summed E-state index contributed by atoms with van der Waals surface area (Å²) >= 11 is 0. The van der Waals surface area contributed by atoms with Gasteiger partial charge in [0.05, 0.1) is 0 Å². The van der Waals surface area contributed by atoms with Crippen LogP contribution in [0.3, 0.4) is 0 Å². The van der Waals surface area contributed by atoms with Crippen molar-refractivity contribution in [3.8, 4) is 0 Å². The molecule has 1 aromatic rings. The third-order valence-corrected chi connectivity index (χ3v) is 3.91. The fraction of sp³-hybridized carbons (Fsp3) is 0.667. The van der Waals surface area contributed by atoms with Crippen LogP contribution in [-0.2, 0) is 6.54 Å².